The maximum atomic E-state index is 12.0. The Morgan fingerprint density at radius 2 is 1.95 bits per heavy atom. The van der Waals surface area contributed by atoms with Crippen LogP contribution in [0, 0.1) is 0 Å². The third-order valence-electron chi connectivity index (χ3n) is 3.04. The molecule has 1 unspecified atom stereocenters. The number of nitrogens with one attached hydrogen (secondary N) is 1. The number of rotatable bonds is 6. The van der Waals surface area contributed by atoms with Gasteiger partial charge in [0.15, 0.2) is 11.5 Å². The molecule has 0 aromatic heterocycles. The number of carbonyl (C=O) groups is 1. The van der Waals surface area contributed by atoms with Crippen LogP contribution in [0.25, 0.3) is 0 Å². The van der Waals surface area contributed by atoms with Crippen molar-refractivity contribution in [2.45, 2.75) is 25.9 Å². The van der Waals surface area contributed by atoms with Crippen molar-refractivity contribution in [3.8, 4) is 11.5 Å². The van der Waals surface area contributed by atoms with E-state index in [0.717, 1.165) is 0 Å². The van der Waals surface area contributed by atoms with E-state index in [9.17, 15) is 9.90 Å². The van der Waals surface area contributed by atoms with Crippen LogP contribution in [0.5, 0.6) is 11.5 Å². The van der Waals surface area contributed by atoms with Crippen molar-refractivity contribution >= 4 is 5.91 Å². The highest BCUT2D eigenvalue weighted by atomic mass is 16.5. The van der Waals surface area contributed by atoms with Gasteiger partial charge in [-0.3, -0.25) is 4.79 Å². The molecule has 0 aliphatic rings. The summed E-state index contributed by atoms with van der Waals surface area (Å²) in [6.45, 7) is 3.75. The first-order valence-corrected chi connectivity index (χ1v) is 6.16. The monoisotopic (exact) mass is 267 g/mol. The van der Waals surface area contributed by atoms with E-state index in [1.165, 1.54) is 14.2 Å². The summed E-state index contributed by atoms with van der Waals surface area (Å²) in [5.41, 5.74) is -0.434. The molecule has 1 aromatic carbocycles. The van der Waals surface area contributed by atoms with Crippen LogP contribution in [0.4, 0.5) is 0 Å². The van der Waals surface area contributed by atoms with Gasteiger partial charge in [0.05, 0.1) is 19.8 Å². The third-order valence-corrected chi connectivity index (χ3v) is 3.04. The van der Waals surface area contributed by atoms with Gasteiger partial charge < -0.3 is 19.9 Å². The third kappa shape index (κ3) is 4.13. The number of hydrogen-bond donors (Lipinski definition) is 2. The quantitative estimate of drug-likeness (QED) is 0.821. The number of methoxy groups -OCH3 is 2. The number of hydrogen-bond acceptors (Lipinski definition) is 4. The molecule has 0 spiro atoms. The second-order valence-corrected chi connectivity index (χ2v) is 4.60. The van der Waals surface area contributed by atoms with Crippen molar-refractivity contribution < 1.29 is 19.4 Å². The highest BCUT2D eigenvalue weighted by Crippen LogP contribution is 2.27. The van der Waals surface area contributed by atoms with Crippen molar-refractivity contribution in [3.05, 3.63) is 23.8 Å². The highest BCUT2D eigenvalue weighted by Gasteiger charge is 2.19. The Balaban J connectivity index is 2.78. The molecular weight excluding hydrogens is 246 g/mol. The molecule has 19 heavy (non-hydrogen) atoms. The predicted octanol–water partition coefficient (Wildman–Crippen LogP) is 1.59. The van der Waals surface area contributed by atoms with Crippen LogP contribution in [0.2, 0.25) is 0 Å². The minimum Gasteiger partial charge on any atom is -0.493 e. The molecule has 5 nitrogen and oxygen atoms in total. The summed E-state index contributed by atoms with van der Waals surface area (Å²) in [4.78, 5) is 12.0. The number of ether oxygens (including phenoxy) is 2. The van der Waals surface area contributed by atoms with Crippen molar-refractivity contribution in [2.24, 2.45) is 0 Å². The van der Waals surface area contributed by atoms with Gasteiger partial charge in [-0.2, -0.15) is 0 Å². The van der Waals surface area contributed by atoms with E-state index < -0.39 is 5.60 Å². The summed E-state index contributed by atoms with van der Waals surface area (Å²) in [5.74, 6) is 0.812. The van der Waals surface area contributed by atoms with E-state index in [4.69, 9.17) is 9.47 Å². The van der Waals surface area contributed by atoms with Crippen LogP contribution in [0.3, 0.4) is 0 Å². The maximum Gasteiger partial charge on any atom is 0.251 e. The van der Waals surface area contributed by atoms with Gasteiger partial charge in [0, 0.05) is 12.1 Å². The summed E-state index contributed by atoms with van der Waals surface area (Å²) in [6, 6.07) is 4.93. The minimum absolute atomic E-state index is 0.205. The molecule has 1 aromatic rings. The normalized spacial score (nSPS) is 13.5. The largest absolute Gasteiger partial charge is 0.493 e. The fourth-order valence-corrected chi connectivity index (χ4v) is 1.48. The van der Waals surface area contributed by atoms with Gasteiger partial charge in [-0.05, 0) is 31.5 Å². The van der Waals surface area contributed by atoms with Gasteiger partial charge in [0.1, 0.15) is 0 Å². The number of carbonyl (C=O) groups excluding carboxylic acids is 1. The molecule has 2 N–H and O–H groups in total. The molecule has 0 radical (unpaired) electrons. The molecule has 1 atom stereocenters. The second-order valence-electron chi connectivity index (χ2n) is 4.60. The summed E-state index contributed by atoms with van der Waals surface area (Å²) in [6.07, 6.45) is 0.569. The molecule has 0 saturated carbocycles. The predicted molar refractivity (Wildman–Crippen MR) is 72.8 cm³/mol. The first-order chi connectivity index (χ1) is 8.93. The molecule has 0 aliphatic heterocycles. The lowest BCUT2D eigenvalue weighted by atomic mass is 10.0. The Hall–Kier alpha value is -1.75. The smallest absolute Gasteiger partial charge is 0.251 e. The second kappa shape index (κ2) is 6.43. The summed E-state index contributed by atoms with van der Waals surface area (Å²) in [7, 11) is 3.05. The average Bonchev–Trinajstić information content (AvgIpc) is 2.44. The van der Waals surface area contributed by atoms with Crippen molar-refractivity contribution in [1.82, 2.24) is 5.32 Å². The average molecular weight is 267 g/mol. The zero-order valence-corrected chi connectivity index (χ0v) is 11.8. The lowest BCUT2D eigenvalue weighted by Gasteiger charge is -2.21. The van der Waals surface area contributed by atoms with E-state index in [0.29, 0.717) is 23.5 Å². The topological polar surface area (TPSA) is 67.8 Å². The van der Waals surface area contributed by atoms with Gasteiger partial charge >= 0.3 is 0 Å². The molecule has 0 bridgehead atoms. The molecule has 0 saturated heterocycles. The zero-order valence-electron chi connectivity index (χ0n) is 11.8. The van der Waals surface area contributed by atoms with Gasteiger partial charge in [0.2, 0.25) is 0 Å². The molecule has 106 valence electrons. The van der Waals surface area contributed by atoms with Crippen LogP contribution >= 0.6 is 0 Å². The van der Waals surface area contributed by atoms with Crippen LogP contribution in [-0.2, 0) is 0 Å². The van der Waals surface area contributed by atoms with E-state index in [-0.39, 0.29) is 12.5 Å². The van der Waals surface area contributed by atoms with E-state index in [2.05, 4.69) is 5.32 Å². The Morgan fingerprint density at radius 3 is 2.47 bits per heavy atom. The zero-order chi connectivity index (χ0) is 14.5. The summed E-state index contributed by atoms with van der Waals surface area (Å²) in [5, 5.41) is 12.5. The fraction of sp³-hybridized carbons (Fsp3) is 0.500. The van der Waals surface area contributed by atoms with Crippen molar-refractivity contribution in [3.63, 3.8) is 0 Å². The van der Waals surface area contributed by atoms with Crippen LogP contribution < -0.4 is 14.8 Å². The maximum absolute atomic E-state index is 12.0. The van der Waals surface area contributed by atoms with E-state index >= 15 is 0 Å². The molecule has 5 heteroatoms. The van der Waals surface area contributed by atoms with Gasteiger partial charge in [-0.1, -0.05) is 6.92 Å². The summed E-state index contributed by atoms with van der Waals surface area (Å²) < 4.78 is 10.2. The lowest BCUT2D eigenvalue weighted by Crippen LogP contribution is -2.40. The van der Waals surface area contributed by atoms with Crippen molar-refractivity contribution in [1.29, 1.82) is 0 Å². The van der Waals surface area contributed by atoms with Gasteiger partial charge in [0.25, 0.3) is 5.91 Å². The van der Waals surface area contributed by atoms with E-state index in [1.54, 1.807) is 25.1 Å². The standard InChI is InChI=1S/C14H21NO4/c1-5-14(2,17)9-15-13(16)10-6-7-11(18-3)12(8-10)19-4/h6-8,17H,5,9H2,1-4H3,(H,15,16). The first-order valence-electron chi connectivity index (χ1n) is 6.16. The molecule has 1 rings (SSSR count). The Labute approximate surface area is 113 Å². The Morgan fingerprint density at radius 1 is 1.32 bits per heavy atom. The van der Waals surface area contributed by atoms with Gasteiger partial charge in [-0.15, -0.1) is 0 Å². The molecule has 0 heterocycles. The molecule has 0 fully saturated rings. The number of amides is 1. The summed E-state index contributed by atoms with van der Waals surface area (Å²) >= 11 is 0. The lowest BCUT2D eigenvalue weighted by molar-refractivity contribution is 0.0518. The first kappa shape index (κ1) is 15.3. The Bertz CT molecular complexity index is 443. The SMILES string of the molecule is CCC(C)(O)CNC(=O)c1ccc(OC)c(OC)c1. The number of benzene rings is 1. The molecule has 1 amide bonds. The van der Waals surface area contributed by atoms with Crippen LogP contribution in [-0.4, -0.2) is 37.4 Å². The Kier molecular flexibility index (Phi) is 5.18. The van der Waals surface area contributed by atoms with Crippen LogP contribution in [0.15, 0.2) is 18.2 Å². The minimum atomic E-state index is -0.897. The number of aliphatic hydroxyl groups is 1. The van der Waals surface area contributed by atoms with Gasteiger partial charge in [-0.25, -0.2) is 0 Å². The molecular formula is C14H21NO4. The van der Waals surface area contributed by atoms with Crippen molar-refractivity contribution in [2.75, 3.05) is 20.8 Å². The fourth-order valence-electron chi connectivity index (χ4n) is 1.48. The van der Waals surface area contributed by atoms with E-state index in [1.807, 2.05) is 6.92 Å². The molecule has 0 aliphatic carbocycles. The highest BCUT2D eigenvalue weighted by molar-refractivity contribution is 5.94. The van der Waals surface area contributed by atoms with Crippen LogP contribution in [0.1, 0.15) is 30.6 Å².